The fraction of sp³-hybridized carbons (Fsp3) is 0.409. The SMILES string of the molecule is Cc1ccc(NC(=O)C[NH+]2CCN(S(=O)(=O)c3ccc(C)c(C)c3)CC2)cc1C. The lowest BCUT2D eigenvalue weighted by molar-refractivity contribution is -0.895. The number of hydrogen-bond acceptors (Lipinski definition) is 3. The molecule has 0 saturated carbocycles. The highest BCUT2D eigenvalue weighted by Crippen LogP contribution is 2.19. The maximum absolute atomic E-state index is 12.9. The second kappa shape index (κ2) is 8.65. The third-order valence-electron chi connectivity index (χ3n) is 5.75. The number of benzene rings is 2. The van der Waals surface area contributed by atoms with Crippen molar-refractivity contribution in [3.63, 3.8) is 0 Å². The maximum Gasteiger partial charge on any atom is 0.279 e. The summed E-state index contributed by atoms with van der Waals surface area (Å²) in [5, 5.41) is 2.94. The number of anilines is 1. The van der Waals surface area contributed by atoms with Gasteiger partial charge in [-0.05, 0) is 74.2 Å². The normalized spacial score (nSPS) is 16.0. The third-order valence-corrected chi connectivity index (χ3v) is 7.64. The van der Waals surface area contributed by atoms with Crippen LogP contribution >= 0.6 is 0 Å². The van der Waals surface area contributed by atoms with Crippen molar-refractivity contribution in [2.45, 2.75) is 32.6 Å². The third kappa shape index (κ3) is 5.04. The van der Waals surface area contributed by atoms with E-state index in [2.05, 4.69) is 5.32 Å². The lowest BCUT2D eigenvalue weighted by atomic mass is 10.1. The molecule has 1 saturated heterocycles. The first kappa shape index (κ1) is 21.5. The largest absolute Gasteiger partial charge is 0.325 e. The predicted molar refractivity (Wildman–Crippen MR) is 115 cm³/mol. The van der Waals surface area contributed by atoms with E-state index >= 15 is 0 Å². The first-order chi connectivity index (χ1) is 13.7. The Balaban J connectivity index is 1.56. The maximum atomic E-state index is 12.9. The monoisotopic (exact) mass is 416 g/mol. The van der Waals surface area contributed by atoms with Gasteiger partial charge in [0.05, 0.1) is 31.1 Å². The lowest BCUT2D eigenvalue weighted by Gasteiger charge is -2.31. The van der Waals surface area contributed by atoms with Crippen molar-refractivity contribution in [2.24, 2.45) is 0 Å². The van der Waals surface area contributed by atoms with Crippen molar-refractivity contribution in [1.29, 1.82) is 0 Å². The van der Waals surface area contributed by atoms with E-state index in [1.807, 2.05) is 52.0 Å². The van der Waals surface area contributed by atoms with Crippen LogP contribution in [0.1, 0.15) is 22.3 Å². The van der Waals surface area contributed by atoms with Gasteiger partial charge in [-0.2, -0.15) is 4.31 Å². The van der Waals surface area contributed by atoms with E-state index < -0.39 is 10.0 Å². The van der Waals surface area contributed by atoms with Crippen molar-refractivity contribution in [3.8, 4) is 0 Å². The Kier molecular flexibility index (Phi) is 6.41. The topological polar surface area (TPSA) is 70.9 Å². The first-order valence-electron chi connectivity index (χ1n) is 9.95. The summed E-state index contributed by atoms with van der Waals surface area (Å²) in [4.78, 5) is 13.8. The molecule has 29 heavy (non-hydrogen) atoms. The number of piperazine rings is 1. The van der Waals surface area contributed by atoms with Gasteiger partial charge in [-0.25, -0.2) is 8.42 Å². The molecule has 2 aromatic carbocycles. The van der Waals surface area contributed by atoms with E-state index in [1.165, 1.54) is 9.87 Å². The molecule has 3 rings (SSSR count). The van der Waals surface area contributed by atoms with Crippen molar-refractivity contribution in [1.82, 2.24) is 4.31 Å². The molecule has 1 fully saturated rings. The number of quaternary nitrogens is 1. The zero-order valence-corrected chi connectivity index (χ0v) is 18.4. The van der Waals surface area contributed by atoms with E-state index in [1.54, 1.807) is 12.1 Å². The number of carbonyl (C=O) groups excluding carboxylic acids is 1. The summed E-state index contributed by atoms with van der Waals surface area (Å²) < 4.78 is 27.4. The second-order valence-electron chi connectivity index (χ2n) is 7.92. The van der Waals surface area contributed by atoms with Crippen LogP contribution in [-0.4, -0.2) is 51.4 Å². The average Bonchev–Trinajstić information content (AvgIpc) is 2.67. The summed E-state index contributed by atoms with van der Waals surface area (Å²) in [7, 11) is -3.49. The number of carbonyl (C=O) groups is 1. The highest BCUT2D eigenvalue weighted by molar-refractivity contribution is 7.89. The Labute approximate surface area is 173 Å². The number of nitrogens with one attached hydrogen (secondary N) is 2. The van der Waals surface area contributed by atoms with Crippen LogP contribution in [0.25, 0.3) is 0 Å². The zero-order chi connectivity index (χ0) is 21.2. The predicted octanol–water partition coefficient (Wildman–Crippen LogP) is 1.45. The van der Waals surface area contributed by atoms with Gasteiger partial charge < -0.3 is 10.2 Å². The van der Waals surface area contributed by atoms with Gasteiger partial charge in [-0.15, -0.1) is 0 Å². The van der Waals surface area contributed by atoms with Crippen LogP contribution in [0.3, 0.4) is 0 Å². The summed E-state index contributed by atoms with van der Waals surface area (Å²) >= 11 is 0. The summed E-state index contributed by atoms with van der Waals surface area (Å²) in [6.07, 6.45) is 0. The summed E-state index contributed by atoms with van der Waals surface area (Å²) in [6, 6.07) is 11.1. The van der Waals surface area contributed by atoms with Crippen LogP contribution < -0.4 is 10.2 Å². The molecule has 1 heterocycles. The summed E-state index contributed by atoms with van der Waals surface area (Å²) in [5.41, 5.74) is 5.18. The average molecular weight is 417 g/mol. The Morgan fingerprint density at radius 3 is 2.10 bits per heavy atom. The molecule has 7 heteroatoms. The minimum absolute atomic E-state index is 0.0475. The van der Waals surface area contributed by atoms with Crippen LogP contribution in [0.5, 0.6) is 0 Å². The number of sulfonamides is 1. The Morgan fingerprint density at radius 2 is 1.52 bits per heavy atom. The molecule has 0 spiro atoms. The van der Waals surface area contributed by atoms with Gasteiger partial charge in [0, 0.05) is 5.69 Å². The van der Waals surface area contributed by atoms with E-state index in [-0.39, 0.29) is 5.91 Å². The van der Waals surface area contributed by atoms with Gasteiger partial charge in [0.15, 0.2) is 6.54 Å². The zero-order valence-electron chi connectivity index (χ0n) is 17.6. The molecule has 6 nitrogen and oxygen atoms in total. The summed E-state index contributed by atoms with van der Waals surface area (Å²) in [6.45, 7) is 10.4. The van der Waals surface area contributed by atoms with Gasteiger partial charge in [-0.3, -0.25) is 4.79 Å². The van der Waals surface area contributed by atoms with Gasteiger partial charge >= 0.3 is 0 Å². The minimum Gasteiger partial charge on any atom is -0.325 e. The molecule has 2 N–H and O–H groups in total. The van der Waals surface area contributed by atoms with Crippen LogP contribution in [0.4, 0.5) is 5.69 Å². The number of nitrogens with zero attached hydrogens (tertiary/aromatic N) is 1. The molecule has 0 unspecified atom stereocenters. The number of amides is 1. The van der Waals surface area contributed by atoms with E-state index in [0.29, 0.717) is 37.6 Å². The van der Waals surface area contributed by atoms with Gasteiger partial charge in [0.1, 0.15) is 0 Å². The lowest BCUT2D eigenvalue weighted by Crippen LogP contribution is -3.15. The highest BCUT2D eigenvalue weighted by Gasteiger charge is 2.31. The van der Waals surface area contributed by atoms with Crippen molar-refractivity contribution in [2.75, 3.05) is 38.0 Å². The van der Waals surface area contributed by atoms with Gasteiger partial charge in [0.2, 0.25) is 10.0 Å². The van der Waals surface area contributed by atoms with Crippen molar-refractivity contribution >= 4 is 21.6 Å². The molecule has 1 amide bonds. The molecule has 1 aliphatic heterocycles. The molecular formula is C22H30N3O3S+. The van der Waals surface area contributed by atoms with Crippen LogP contribution in [0.15, 0.2) is 41.3 Å². The standard InChI is InChI=1S/C22H29N3O3S/c1-16-5-7-20(13-18(16)3)23-22(26)15-24-9-11-25(12-10-24)29(27,28)21-8-6-17(2)19(4)14-21/h5-8,13-14H,9-12,15H2,1-4H3,(H,23,26)/p+1. The molecule has 0 bridgehead atoms. The van der Waals surface area contributed by atoms with Crippen LogP contribution in [0.2, 0.25) is 0 Å². The van der Waals surface area contributed by atoms with E-state index in [9.17, 15) is 13.2 Å². The Hall–Kier alpha value is -2.22. The number of rotatable bonds is 5. The Bertz CT molecular complexity index is 1010. The van der Waals surface area contributed by atoms with Crippen LogP contribution in [0, 0.1) is 27.7 Å². The molecule has 0 radical (unpaired) electrons. The molecule has 156 valence electrons. The summed E-state index contributed by atoms with van der Waals surface area (Å²) in [5.74, 6) is -0.0475. The quantitative estimate of drug-likeness (QED) is 0.775. The first-order valence-corrected chi connectivity index (χ1v) is 11.4. The molecule has 0 aromatic heterocycles. The smallest absolute Gasteiger partial charge is 0.279 e. The fourth-order valence-corrected chi connectivity index (χ4v) is 5.02. The minimum atomic E-state index is -3.49. The number of hydrogen-bond donors (Lipinski definition) is 2. The number of aryl methyl sites for hydroxylation is 4. The van der Waals surface area contributed by atoms with Crippen molar-refractivity contribution < 1.29 is 18.1 Å². The van der Waals surface area contributed by atoms with E-state index in [4.69, 9.17) is 0 Å². The van der Waals surface area contributed by atoms with Crippen molar-refractivity contribution in [3.05, 3.63) is 58.7 Å². The molecule has 1 aliphatic rings. The second-order valence-corrected chi connectivity index (χ2v) is 9.86. The van der Waals surface area contributed by atoms with Gasteiger partial charge in [-0.1, -0.05) is 12.1 Å². The highest BCUT2D eigenvalue weighted by atomic mass is 32.2. The van der Waals surface area contributed by atoms with Gasteiger partial charge in [0.25, 0.3) is 5.91 Å². The fourth-order valence-electron chi connectivity index (χ4n) is 3.49. The molecule has 2 aromatic rings. The molecule has 0 aliphatic carbocycles. The van der Waals surface area contributed by atoms with Crippen LogP contribution in [-0.2, 0) is 14.8 Å². The van der Waals surface area contributed by atoms with E-state index in [0.717, 1.165) is 27.3 Å². The molecule has 0 atom stereocenters. The Morgan fingerprint density at radius 1 is 0.931 bits per heavy atom. The molecular weight excluding hydrogens is 386 g/mol.